The van der Waals surface area contributed by atoms with E-state index in [9.17, 15) is 19.3 Å². The molecule has 1 rings (SSSR count). The standard InChI is InChI=1S/C8H7FN2O4/c1-15-8(12)4-2-6(10)7(11(13)14)3-5(4)9/h2-3H,10H2,1H3. The third-order valence-electron chi connectivity index (χ3n) is 1.72. The van der Waals surface area contributed by atoms with Crippen LogP contribution in [0.4, 0.5) is 15.8 Å². The molecular weight excluding hydrogens is 207 g/mol. The number of esters is 1. The minimum absolute atomic E-state index is 0.290. The number of nitrogens with zero attached hydrogens (tertiary/aromatic N) is 1. The van der Waals surface area contributed by atoms with Gasteiger partial charge in [0.2, 0.25) is 0 Å². The monoisotopic (exact) mass is 214 g/mol. The lowest BCUT2D eigenvalue weighted by Gasteiger charge is -2.02. The highest BCUT2D eigenvalue weighted by atomic mass is 19.1. The highest BCUT2D eigenvalue weighted by Gasteiger charge is 2.20. The van der Waals surface area contributed by atoms with E-state index in [2.05, 4.69) is 4.74 Å². The van der Waals surface area contributed by atoms with Gasteiger partial charge in [0.15, 0.2) is 0 Å². The zero-order valence-corrected chi connectivity index (χ0v) is 7.69. The summed E-state index contributed by atoms with van der Waals surface area (Å²) >= 11 is 0. The first kappa shape index (κ1) is 10.9. The first-order valence-corrected chi connectivity index (χ1v) is 3.79. The largest absolute Gasteiger partial charge is 0.465 e. The van der Waals surface area contributed by atoms with Crippen molar-refractivity contribution in [3.63, 3.8) is 0 Å². The molecule has 0 saturated carbocycles. The lowest BCUT2D eigenvalue weighted by atomic mass is 10.1. The maximum absolute atomic E-state index is 13.2. The van der Waals surface area contributed by atoms with E-state index in [-0.39, 0.29) is 5.69 Å². The molecular formula is C8H7FN2O4. The lowest BCUT2D eigenvalue weighted by molar-refractivity contribution is -0.384. The molecule has 0 radical (unpaired) electrons. The number of anilines is 1. The van der Waals surface area contributed by atoms with E-state index >= 15 is 0 Å². The molecule has 0 bridgehead atoms. The Balaban J connectivity index is 3.31. The smallest absolute Gasteiger partial charge is 0.340 e. The fourth-order valence-corrected chi connectivity index (χ4v) is 1.00. The van der Waals surface area contributed by atoms with Crippen LogP contribution in [0.5, 0.6) is 0 Å². The Labute approximate surface area is 83.6 Å². The van der Waals surface area contributed by atoms with Gasteiger partial charge < -0.3 is 10.5 Å². The van der Waals surface area contributed by atoms with Crippen LogP contribution in [0.2, 0.25) is 0 Å². The van der Waals surface area contributed by atoms with Crippen LogP contribution in [-0.2, 0) is 4.74 Å². The summed E-state index contributed by atoms with van der Waals surface area (Å²) in [5.41, 5.74) is 3.96. The first-order chi connectivity index (χ1) is 6.97. The topological polar surface area (TPSA) is 95.5 Å². The molecule has 0 heterocycles. The van der Waals surface area contributed by atoms with Gasteiger partial charge in [-0.05, 0) is 6.07 Å². The molecule has 1 aromatic rings. The summed E-state index contributed by atoms with van der Waals surface area (Å²) in [5, 5.41) is 10.4. The van der Waals surface area contributed by atoms with E-state index in [4.69, 9.17) is 5.73 Å². The van der Waals surface area contributed by atoms with Gasteiger partial charge >= 0.3 is 5.97 Å². The molecule has 0 aromatic heterocycles. The highest BCUT2D eigenvalue weighted by molar-refractivity contribution is 5.91. The van der Waals surface area contributed by atoms with Crippen LogP contribution in [0.1, 0.15) is 10.4 Å². The highest BCUT2D eigenvalue weighted by Crippen LogP contribution is 2.25. The number of benzene rings is 1. The second kappa shape index (κ2) is 3.91. The third kappa shape index (κ3) is 2.01. The summed E-state index contributed by atoms with van der Waals surface area (Å²) in [5.74, 6) is -1.98. The maximum atomic E-state index is 13.2. The zero-order chi connectivity index (χ0) is 11.6. The van der Waals surface area contributed by atoms with Gasteiger partial charge in [0, 0.05) is 0 Å². The van der Waals surface area contributed by atoms with Gasteiger partial charge in [0.25, 0.3) is 5.69 Å². The van der Waals surface area contributed by atoms with Gasteiger partial charge in [0.1, 0.15) is 11.5 Å². The van der Waals surface area contributed by atoms with Crippen molar-refractivity contribution in [1.82, 2.24) is 0 Å². The number of rotatable bonds is 2. The number of methoxy groups -OCH3 is 1. The zero-order valence-electron chi connectivity index (χ0n) is 7.69. The SMILES string of the molecule is COC(=O)c1cc(N)c([N+](=O)[O-])cc1F. The van der Waals surface area contributed by atoms with Gasteiger partial charge in [-0.15, -0.1) is 0 Å². The molecule has 0 saturated heterocycles. The van der Waals surface area contributed by atoms with Crippen LogP contribution in [0.25, 0.3) is 0 Å². The predicted octanol–water partition coefficient (Wildman–Crippen LogP) is 1.10. The molecule has 1 aromatic carbocycles. The van der Waals surface area contributed by atoms with Crippen LogP contribution in [0, 0.1) is 15.9 Å². The van der Waals surface area contributed by atoms with Gasteiger partial charge in [0.05, 0.1) is 23.7 Å². The van der Waals surface area contributed by atoms with Crippen molar-refractivity contribution in [1.29, 1.82) is 0 Å². The van der Waals surface area contributed by atoms with Crippen LogP contribution in [0.3, 0.4) is 0 Å². The van der Waals surface area contributed by atoms with E-state index in [0.29, 0.717) is 6.07 Å². The molecule has 0 spiro atoms. The van der Waals surface area contributed by atoms with Crippen molar-refractivity contribution in [2.45, 2.75) is 0 Å². The molecule has 6 nitrogen and oxygen atoms in total. The molecule has 2 N–H and O–H groups in total. The van der Waals surface area contributed by atoms with Crippen molar-refractivity contribution >= 4 is 17.3 Å². The molecule has 0 amide bonds. The lowest BCUT2D eigenvalue weighted by Crippen LogP contribution is -2.07. The fourth-order valence-electron chi connectivity index (χ4n) is 1.00. The Morgan fingerprint density at radius 3 is 2.67 bits per heavy atom. The minimum atomic E-state index is -1.04. The number of carbonyl (C=O) groups is 1. The molecule has 7 heteroatoms. The molecule has 0 aliphatic carbocycles. The Kier molecular flexibility index (Phi) is 2.84. The number of nitro groups is 1. The summed E-state index contributed by atoms with van der Waals surface area (Å²) < 4.78 is 17.4. The van der Waals surface area contributed by atoms with E-state index in [1.54, 1.807) is 0 Å². The quantitative estimate of drug-likeness (QED) is 0.344. The molecule has 0 fully saturated rings. The number of carbonyl (C=O) groups excluding carboxylic acids is 1. The minimum Gasteiger partial charge on any atom is -0.465 e. The van der Waals surface area contributed by atoms with Crippen molar-refractivity contribution in [3.05, 3.63) is 33.6 Å². The number of nitro benzene ring substituents is 1. The number of nitrogens with two attached hydrogens (primary N) is 1. The van der Waals surface area contributed by atoms with Gasteiger partial charge in [-0.25, -0.2) is 9.18 Å². The number of hydrogen-bond donors (Lipinski definition) is 1. The Morgan fingerprint density at radius 1 is 1.60 bits per heavy atom. The molecule has 15 heavy (non-hydrogen) atoms. The van der Waals surface area contributed by atoms with Gasteiger partial charge in [-0.3, -0.25) is 10.1 Å². The van der Waals surface area contributed by atoms with Crippen molar-refractivity contribution in [2.75, 3.05) is 12.8 Å². The number of hydrogen-bond acceptors (Lipinski definition) is 5. The summed E-state index contributed by atoms with van der Waals surface area (Å²) in [6, 6.07) is 1.46. The van der Waals surface area contributed by atoms with Gasteiger partial charge in [-0.2, -0.15) is 0 Å². The summed E-state index contributed by atoms with van der Waals surface area (Å²) in [4.78, 5) is 20.5. The second-order valence-corrected chi connectivity index (χ2v) is 2.64. The third-order valence-corrected chi connectivity index (χ3v) is 1.72. The van der Waals surface area contributed by atoms with E-state index in [1.807, 2.05) is 0 Å². The van der Waals surface area contributed by atoms with Crippen LogP contribution in [0.15, 0.2) is 12.1 Å². The molecule has 0 aliphatic rings. The summed E-state index contributed by atoms with van der Waals surface area (Å²) in [6.07, 6.45) is 0. The Hall–Kier alpha value is -2.18. The van der Waals surface area contributed by atoms with Crippen molar-refractivity contribution in [3.8, 4) is 0 Å². The van der Waals surface area contributed by atoms with Crippen molar-refractivity contribution < 1.29 is 18.8 Å². The maximum Gasteiger partial charge on any atom is 0.340 e. The summed E-state index contributed by atoms with van der Waals surface area (Å²) in [7, 11) is 1.07. The van der Waals surface area contributed by atoms with E-state index in [0.717, 1.165) is 13.2 Å². The molecule has 0 aliphatic heterocycles. The normalized spacial score (nSPS) is 9.73. The van der Waals surface area contributed by atoms with Crippen LogP contribution in [-0.4, -0.2) is 18.0 Å². The second-order valence-electron chi connectivity index (χ2n) is 2.64. The summed E-state index contributed by atoms with van der Waals surface area (Å²) in [6.45, 7) is 0. The predicted molar refractivity (Wildman–Crippen MR) is 48.8 cm³/mol. The molecule has 80 valence electrons. The molecule has 0 atom stereocenters. The van der Waals surface area contributed by atoms with Crippen LogP contribution >= 0.6 is 0 Å². The fraction of sp³-hybridized carbons (Fsp3) is 0.125. The number of halogens is 1. The first-order valence-electron chi connectivity index (χ1n) is 3.79. The van der Waals surface area contributed by atoms with E-state index < -0.39 is 28.0 Å². The Bertz CT molecular complexity index is 433. The van der Waals surface area contributed by atoms with Crippen molar-refractivity contribution in [2.24, 2.45) is 0 Å². The van der Waals surface area contributed by atoms with Crippen LogP contribution < -0.4 is 5.73 Å². The number of ether oxygens (including phenoxy) is 1. The average molecular weight is 214 g/mol. The van der Waals surface area contributed by atoms with Gasteiger partial charge in [-0.1, -0.05) is 0 Å². The number of nitrogen functional groups attached to an aromatic ring is 1. The Morgan fingerprint density at radius 2 is 2.20 bits per heavy atom. The molecule has 0 unspecified atom stereocenters. The van der Waals surface area contributed by atoms with E-state index in [1.165, 1.54) is 0 Å². The average Bonchev–Trinajstić information content (AvgIpc) is 2.19.